The lowest BCUT2D eigenvalue weighted by molar-refractivity contribution is -0.158. The maximum Gasteiger partial charge on any atom is 0.326 e. The summed E-state index contributed by atoms with van der Waals surface area (Å²) >= 11 is 9.28. The molecule has 0 aromatic heterocycles. The highest BCUT2D eigenvalue weighted by molar-refractivity contribution is 9.10. The van der Waals surface area contributed by atoms with E-state index in [-0.39, 0.29) is 5.78 Å². The van der Waals surface area contributed by atoms with Crippen molar-refractivity contribution in [2.75, 3.05) is 7.11 Å². The summed E-state index contributed by atoms with van der Waals surface area (Å²) in [5.74, 6) is -3.92. The standard InChI is InChI=1S/C20H16BrClO5/c1-10(18(23)11-3-6-13(22)7-4-11)16-14-9-12(21)5-8-15(14)27-20(25)17(16)19(24)26-2/h3-10,16-17H,1-2H3/t10-,16-,17-/m1/s1. The first-order chi connectivity index (χ1) is 12.8. The van der Waals surface area contributed by atoms with Gasteiger partial charge in [0.25, 0.3) is 0 Å². The number of esters is 2. The molecule has 0 saturated carbocycles. The van der Waals surface area contributed by atoms with E-state index < -0.39 is 29.7 Å². The molecule has 2 aromatic carbocycles. The Morgan fingerprint density at radius 1 is 1.19 bits per heavy atom. The van der Waals surface area contributed by atoms with E-state index in [0.717, 1.165) is 4.47 Å². The molecule has 7 heteroatoms. The zero-order chi connectivity index (χ0) is 19.7. The molecule has 1 aliphatic rings. The van der Waals surface area contributed by atoms with Gasteiger partial charge in [-0.1, -0.05) is 34.5 Å². The summed E-state index contributed by atoms with van der Waals surface area (Å²) in [5, 5.41) is 0.516. The summed E-state index contributed by atoms with van der Waals surface area (Å²) in [7, 11) is 1.20. The van der Waals surface area contributed by atoms with E-state index >= 15 is 0 Å². The molecular weight excluding hydrogens is 436 g/mol. The lowest BCUT2D eigenvalue weighted by Gasteiger charge is -2.33. The van der Waals surface area contributed by atoms with Crippen molar-refractivity contribution in [3.8, 4) is 5.75 Å². The van der Waals surface area contributed by atoms with E-state index in [4.69, 9.17) is 21.1 Å². The van der Waals surface area contributed by atoms with E-state index in [0.29, 0.717) is 21.9 Å². The molecule has 0 amide bonds. The molecule has 0 fully saturated rings. The molecule has 1 aliphatic heterocycles. The molecule has 0 aliphatic carbocycles. The van der Waals surface area contributed by atoms with Crippen LogP contribution in [0.4, 0.5) is 0 Å². The fraction of sp³-hybridized carbons (Fsp3) is 0.250. The maximum atomic E-state index is 13.1. The van der Waals surface area contributed by atoms with Gasteiger partial charge in [0.15, 0.2) is 11.7 Å². The molecule has 3 atom stereocenters. The highest BCUT2D eigenvalue weighted by atomic mass is 79.9. The van der Waals surface area contributed by atoms with Gasteiger partial charge in [-0.3, -0.25) is 14.4 Å². The van der Waals surface area contributed by atoms with Gasteiger partial charge in [-0.05, 0) is 42.5 Å². The number of fused-ring (bicyclic) bond motifs is 1. The molecule has 27 heavy (non-hydrogen) atoms. The second-order valence-electron chi connectivity index (χ2n) is 6.29. The average Bonchev–Trinajstić information content (AvgIpc) is 2.66. The van der Waals surface area contributed by atoms with Gasteiger partial charge in [0, 0.05) is 32.5 Å². The Balaban J connectivity index is 2.08. The molecule has 3 rings (SSSR count). The monoisotopic (exact) mass is 450 g/mol. The Labute approximate surface area is 169 Å². The molecular formula is C20H16BrClO5. The molecule has 0 bridgehead atoms. The highest BCUT2D eigenvalue weighted by Crippen LogP contribution is 2.44. The Hall–Kier alpha value is -2.18. The van der Waals surface area contributed by atoms with Crippen LogP contribution in [0, 0.1) is 11.8 Å². The third-order valence-electron chi connectivity index (χ3n) is 4.69. The van der Waals surface area contributed by atoms with Crippen molar-refractivity contribution in [3.63, 3.8) is 0 Å². The predicted molar refractivity (Wildman–Crippen MR) is 103 cm³/mol. The largest absolute Gasteiger partial charge is 0.468 e. The van der Waals surface area contributed by atoms with Gasteiger partial charge in [0.2, 0.25) is 0 Å². The number of ketones is 1. The number of Topliss-reactive ketones (excluding diaryl/α,β-unsaturated/α-hetero) is 1. The lowest BCUT2D eigenvalue weighted by Crippen LogP contribution is -2.42. The number of hydrogen-bond donors (Lipinski definition) is 0. The van der Waals surface area contributed by atoms with Gasteiger partial charge in [-0.25, -0.2) is 0 Å². The van der Waals surface area contributed by atoms with Crippen LogP contribution >= 0.6 is 27.5 Å². The van der Waals surface area contributed by atoms with Crippen LogP contribution in [0.15, 0.2) is 46.9 Å². The van der Waals surface area contributed by atoms with Gasteiger partial charge in [0.05, 0.1) is 7.11 Å². The molecule has 2 aromatic rings. The first-order valence-electron chi connectivity index (χ1n) is 8.22. The van der Waals surface area contributed by atoms with Gasteiger partial charge < -0.3 is 9.47 Å². The van der Waals surface area contributed by atoms with Crippen molar-refractivity contribution in [1.29, 1.82) is 0 Å². The van der Waals surface area contributed by atoms with Crippen LogP contribution in [0.1, 0.15) is 28.8 Å². The molecule has 0 N–H and O–H groups in total. The van der Waals surface area contributed by atoms with Crippen LogP contribution in [-0.2, 0) is 14.3 Å². The fourth-order valence-corrected chi connectivity index (χ4v) is 3.84. The summed E-state index contributed by atoms with van der Waals surface area (Å²) in [6.45, 7) is 1.70. The molecule has 0 saturated heterocycles. The second kappa shape index (κ2) is 7.82. The summed E-state index contributed by atoms with van der Waals surface area (Å²) in [4.78, 5) is 37.9. The Morgan fingerprint density at radius 2 is 1.85 bits per heavy atom. The summed E-state index contributed by atoms with van der Waals surface area (Å²) in [5.41, 5.74) is 1.06. The zero-order valence-corrected chi connectivity index (χ0v) is 16.9. The molecule has 1 heterocycles. The topological polar surface area (TPSA) is 69.7 Å². The Kier molecular flexibility index (Phi) is 5.67. The van der Waals surface area contributed by atoms with Crippen molar-refractivity contribution in [3.05, 3.63) is 63.1 Å². The Morgan fingerprint density at radius 3 is 2.48 bits per heavy atom. The predicted octanol–water partition coefficient (Wildman–Crippen LogP) is 4.41. The van der Waals surface area contributed by atoms with Crippen molar-refractivity contribution < 1.29 is 23.9 Å². The van der Waals surface area contributed by atoms with Crippen LogP contribution in [0.5, 0.6) is 5.75 Å². The average molecular weight is 452 g/mol. The van der Waals surface area contributed by atoms with Crippen LogP contribution in [0.3, 0.4) is 0 Å². The van der Waals surface area contributed by atoms with E-state index in [2.05, 4.69) is 15.9 Å². The third-order valence-corrected chi connectivity index (χ3v) is 5.44. The number of ether oxygens (including phenoxy) is 2. The summed E-state index contributed by atoms with van der Waals surface area (Å²) in [6.07, 6.45) is 0. The third kappa shape index (κ3) is 3.77. The van der Waals surface area contributed by atoms with Crippen molar-refractivity contribution in [2.24, 2.45) is 11.8 Å². The van der Waals surface area contributed by atoms with E-state index in [1.54, 1.807) is 49.4 Å². The molecule has 0 unspecified atom stereocenters. The fourth-order valence-electron chi connectivity index (χ4n) is 3.34. The quantitative estimate of drug-likeness (QED) is 0.298. The minimum absolute atomic E-state index is 0.203. The molecule has 140 valence electrons. The molecule has 0 radical (unpaired) electrons. The molecule has 0 spiro atoms. The summed E-state index contributed by atoms with van der Waals surface area (Å²) < 4.78 is 10.9. The number of halogens is 2. The van der Waals surface area contributed by atoms with Gasteiger partial charge in [-0.15, -0.1) is 0 Å². The lowest BCUT2D eigenvalue weighted by atomic mass is 9.73. The van der Waals surface area contributed by atoms with Crippen molar-refractivity contribution in [1.82, 2.24) is 0 Å². The minimum atomic E-state index is -1.22. The number of hydrogen-bond acceptors (Lipinski definition) is 5. The van der Waals surface area contributed by atoms with Gasteiger partial charge >= 0.3 is 11.9 Å². The zero-order valence-electron chi connectivity index (χ0n) is 14.6. The number of benzene rings is 2. The smallest absolute Gasteiger partial charge is 0.326 e. The minimum Gasteiger partial charge on any atom is -0.468 e. The van der Waals surface area contributed by atoms with Crippen LogP contribution in [0.25, 0.3) is 0 Å². The number of carbonyl (C=O) groups excluding carboxylic acids is 3. The SMILES string of the molecule is COC(=O)[C@@H]1C(=O)Oc2ccc(Br)cc2[C@H]1[C@@H](C)C(=O)c1ccc(Cl)cc1. The van der Waals surface area contributed by atoms with E-state index in [1.807, 2.05) is 0 Å². The highest BCUT2D eigenvalue weighted by Gasteiger charge is 2.47. The van der Waals surface area contributed by atoms with E-state index in [1.165, 1.54) is 7.11 Å². The second-order valence-corrected chi connectivity index (χ2v) is 7.64. The van der Waals surface area contributed by atoms with Crippen LogP contribution < -0.4 is 4.74 Å². The van der Waals surface area contributed by atoms with Crippen LogP contribution in [0.2, 0.25) is 5.02 Å². The number of methoxy groups -OCH3 is 1. The summed E-state index contributed by atoms with van der Waals surface area (Å²) in [6, 6.07) is 11.6. The van der Waals surface area contributed by atoms with Crippen molar-refractivity contribution in [2.45, 2.75) is 12.8 Å². The van der Waals surface area contributed by atoms with E-state index in [9.17, 15) is 14.4 Å². The number of carbonyl (C=O) groups is 3. The van der Waals surface area contributed by atoms with Crippen molar-refractivity contribution >= 4 is 45.3 Å². The normalized spacial score (nSPS) is 19.6. The molecule has 5 nitrogen and oxygen atoms in total. The maximum absolute atomic E-state index is 13.1. The van der Waals surface area contributed by atoms with Gasteiger partial charge in [-0.2, -0.15) is 0 Å². The first kappa shape index (κ1) is 19.6. The number of rotatable bonds is 4. The first-order valence-corrected chi connectivity index (χ1v) is 9.39. The Bertz CT molecular complexity index is 909. The van der Waals surface area contributed by atoms with Gasteiger partial charge in [0.1, 0.15) is 5.75 Å². The van der Waals surface area contributed by atoms with Crippen LogP contribution in [-0.4, -0.2) is 24.8 Å².